The van der Waals surface area contributed by atoms with Crippen molar-refractivity contribution in [2.75, 3.05) is 0 Å². The minimum absolute atomic E-state index is 0.0511. The molecule has 2 atom stereocenters. The first-order chi connectivity index (χ1) is 14.8. The zero-order valence-electron chi connectivity index (χ0n) is 16.8. The smallest absolute Gasteiger partial charge is 0.429 e. The number of nitrogens with zero attached hydrogens (tertiary/aromatic N) is 3. The molecule has 1 unspecified atom stereocenters. The second kappa shape index (κ2) is 10.1. The summed E-state index contributed by atoms with van der Waals surface area (Å²) >= 11 is 5.41. The van der Waals surface area contributed by atoms with Gasteiger partial charge in [0.15, 0.2) is 6.23 Å². The van der Waals surface area contributed by atoms with Crippen molar-refractivity contribution in [3.05, 3.63) is 70.0 Å². The van der Waals surface area contributed by atoms with Crippen molar-refractivity contribution >= 4 is 34.8 Å². The summed E-state index contributed by atoms with van der Waals surface area (Å²) in [4.78, 5) is 40.6. The maximum atomic E-state index is 12.0. The number of likely N-dealkylation sites (tertiary alicyclic amines) is 1. The fraction of sp³-hybridized carbons (Fsp3) is 0.333. The highest BCUT2D eigenvalue weighted by atomic mass is 32.1. The van der Waals surface area contributed by atoms with Crippen LogP contribution >= 0.6 is 12.2 Å². The number of hydrogen-bond donors (Lipinski definition) is 0. The third-order valence-corrected chi connectivity index (χ3v) is 5.32. The largest absolute Gasteiger partial charge is 0.510 e. The van der Waals surface area contributed by atoms with Crippen molar-refractivity contribution in [1.82, 2.24) is 9.88 Å². The number of nitro benzene ring substituents is 1. The van der Waals surface area contributed by atoms with Crippen LogP contribution in [0.2, 0.25) is 0 Å². The molecule has 1 aromatic heterocycles. The Bertz CT molecular complexity index is 967. The van der Waals surface area contributed by atoms with Crippen molar-refractivity contribution in [2.24, 2.45) is 0 Å². The predicted octanol–water partition coefficient (Wildman–Crippen LogP) is 3.79. The molecule has 1 amide bonds. The molecule has 0 spiro atoms. The van der Waals surface area contributed by atoms with Gasteiger partial charge in [0.2, 0.25) is 5.91 Å². The number of rotatable bonds is 9. The molecule has 31 heavy (non-hydrogen) atoms. The first-order valence-corrected chi connectivity index (χ1v) is 10.1. The van der Waals surface area contributed by atoms with Gasteiger partial charge in [0.25, 0.3) is 5.69 Å². The molecule has 1 aromatic carbocycles. The van der Waals surface area contributed by atoms with E-state index in [1.165, 1.54) is 29.2 Å². The number of ether oxygens (including phenoxy) is 2. The summed E-state index contributed by atoms with van der Waals surface area (Å²) in [5.41, 5.74) is 1.27. The molecular weight excluding hydrogens is 422 g/mol. The van der Waals surface area contributed by atoms with Gasteiger partial charge < -0.3 is 14.4 Å². The fourth-order valence-electron chi connectivity index (χ4n) is 3.28. The molecule has 1 fully saturated rings. The molecule has 1 saturated heterocycles. The number of β-lactam (4-membered cyclic amide) rings is 1. The highest BCUT2D eigenvalue weighted by Gasteiger charge is 2.40. The van der Waals surface area contributed by atoms with Crippen LogP contribution in [-0.2, 0) is 20.9 Å². The Morgan fingerprint density at radius 1 is 1.32 bits per heavy atom. The van der Waals surface area contributed by atoms with Gasteiger partial charge in [0, 0.05) is 35.7 Å². The molecule has 2 aromatic rings. The van der Waals surface area contributed by atoms with Crippen molar-refractivity contribution in [3.8, 4) is 0 Å². The summed E-state index contributed by atoms with van der Waals surface area (Å²) in [6.45, 7) is 1.51. The third-order valence-electron chi connectivity index (χ3n) is 4.91. The molecule has 1 aliphatic heterocycles. The van der Waals surface area contributed by atoms with Crippen molar-refractivity contribution in [2.45, 2.75) is 45.1 Å². The number of aromatic nitrogens is 1. The predicted molar refractivity (Wildman–Crippen MR) is 114 cm³/mol. The van der Waals surface area contributed by atoms with Gasteiger partial charge in [0.1, 0.15) is 6.61 Å². The molecule has 0 radical (unpaired) electrons. The number of thiocarbonyl (C=S) groups is 1. The Labute approximate surface area is 184 Å². The van der Waals surface area contributed by atoms with E-state index in [2.05, 4.69) is 4.98 Å². The van der Waals surface area contributed by atoms with E-state index in [9.17, 15) is 19.7 Å². The molecule has 10 heteroatoms. The molecule has 9 nitrogen and oxygen atoms in total. The van der Waals surface area contributed by atoms with Gasteiger partial charge in [-0.1, -0.05) is 18.3 Å². The summed E-state index contributed by atoms with van der Waals surface area (Å²) in [6, 6.07) is 11.1. The first-order valence-electron chi connectivity index (χ1n) is 9.67. The fourth-order valence-corrected chi connectivity index (χ4v) is 3.52. The van der Waals surface area contributed by atoms with E-state index in [0.29, 0.717) is 24.8 Å². The number of amides is 1. The van der Waals surface area contributed by atoms with Crippen molar-refractivity contribution in [3.63, 3.8) is 0 Å². The monoisotopic (exact) mass is 443 g/mol. The number of hydrogen-bond acceptors (Lipinski definition) is 8. The average molecular weight is 443 g/mol. The van der Waals surface area contributed by atoms with E-state index >= 15 is 0 Å². The van der Waals surface area contributed by atoms with Crippen LogP contribution in [0.3, 0.4) is 0 Å². The SMILES string of the molecule is C[C@@H](OC(=O)OCc1ccc([N+](=O)[O-])cc1)N1C(=O)CC1CCC(=S)c1ccccn1. The van der Waals surface area contributed by atoms with Gasteiger partial charge in [-0.2, -0.15) is 0 Å². The van der Waals surface area contributed by atoms with Crippen molar-refractivity contribution < 1.29 is 24.0 Å². The van der Waals surface area contributed by atoms with Crippen LogP contribution in [0.5, 0.6) is 0 Å². The summed E-state index contributed by atoms with van der Waals surface area (Å²) in [6.07, 6.45) is 1.59. The lowest BCUT2D eigenvalue weighted by Crippen LogP contribution is -2.57. The summed E-state index contributed by atoms with van der Waals surface area (Å²) in [5, 5.41) is 10.7. The minimum Gasteiger partial charge on any atom is -0.429 e. The molecule has 2 heterocycles. The van der Waals surface area contributed by atoms with Crippen LogP contribution in [-0.4, -0.2) is 44.0 Å². The maximum Gasteiger partial charge on any atom is 0.510 e. The van der Waals surface area contributed by atoms with E-state index in [-0.39, 0.29) is 24.2 Å². The van der Waals surface area contributed by atoms with Crippen LogP contribution in [0.4, 0.5) is 10.5 Å². The third kappa shape index (κ3) is 5.82. The Hall–Kier alpha value is -3.40. The van der Waals surface area contributed by atoms with Crippen LogP contribution < -0.4 is 0 Å². The number of carbonyl (C=O) groups is 2. The Kier molecular flexibility index (Phi) is 7.24. The van der Waals surface area contributed by atoms with Crippen LogP contribution in [0.1, 0.15) is 37.4 Å². The average Bonchev–Trinajstić information content (AvgIpc) is 2.75. The normalized spacial score (nSPS) is 16.2. The molecule has 0 saturated carbocycles. The Balaban J connectivity index is 1.45. The maximum absolute atomic E-state index is 12.0. The van der Waals surface area contributed by atoms with Crippen LogP contribution in [0, 0.1) is 10.1 Å². The summed E-state index contributed by atoms with van der Waals surface area (Å²) in [5.74, 6) is -0.107. The number of nitro groups is 1. The Morgan fingerprint density at radius 2 is 2.06 bits per heavy atom. The number of pyridine rings is 1. The zero-order chi connectivity index (χ0) is 22.4. The van der Waals surface area contributed by atoms with E-state index in [4.69, 9.17) is 21.7 Å². The van der Waals surface area contributed by atoms with E-state index in [1.807, 2.05) is 18.2 Å². The molecule has 0 N–H and O–H groups in total. The summed E-state index contributed by atoms with van der Waals surface area (Å²) < 4.78 is 10.3. The second-order valence-corrected chi connectivity index (χ2v) is 7.51. The van der Waals surface area contributed by atoms with Gasteiger partial charge in [-0.15, -0.1) is 0 Å². The van der Waals surface area contributed by atoms with Gasteiger partial charge in [-0.05, 0) is 49.6 Å². The lowest BCUT2D eigenvalue weighted by molar-refractivity contribution is -0.384. The topological polar surface area (TPSA) is 112 Å². The highest BCUT2D eigenvalue weighted by Crippen LogP contribution is 2.27. The van der Waals surface area contributed by atoms with Crippen LogP contribution in [0.15, 0.2) is 48.7 Å². The van der Waals surface area contributed by atoms with Gasteiger partial charge in [0.05, 0.1) is 10.6 Å². The first kappa shape index (κ1) is 22.3. The van der Waals surface area contributed by atoms with Crippen LogP contribution in [0.25, 0.3) is 0 Å². The standard InChI is InChI=1S/C21H21N3O6S/c1-14(30-21(26)29-13-15-5-7-16(8-6-15)24(27)28)23-17(12-20(23)25)9-10-19(31)18-4-2-3-11-22-18/h2-8,11,14,17H,9-10,12-13H2,1H3/t14-,17?/m1/s1. The molecule has 162 valence electrons. The highest BCUT2D eigenvalue weighted by molar-refractivity contribution is 7.80. The van der Waals surface area contributed by atoms with Gasteiger partial charge in [-0.3, -0.25) is 19.9 Å². The number of benzene rings is 1. The van der Waals surface area contributed by atoms with Gasteiger partial charge in [-0.25, -0.2) is 4.79 Å². The lowest BCUT2D eigenvalue weighted by atomic mass is 9.95. The molecule has 1 aliphatic rings. The molecule has 3 rings (SSSR count). The lowest BCUT2D eigenvalue weighted by Gasteiger charge is -2.43. The second-order valence-electron chi connectivity index (χ2n) is 7.02. The molecular formula is C21H21N3O6S. The Morgan fingerprint density at radius 3 is 2.68 bits per heavy atom. The number of non-ortho nitro benzene ring substituents is 1. The number of carbonyl (C=O) groups excluding carboxylic acids is 2. The molecule has 0 bridgehead atoms. The summed E-state index contributed by atoms with van der Waals surface area (Å²) in [7, 11) is 0. The zero-order valence-corrected chi connectivity index (χ0v) is 17.6. The minimum atomic E-state index is -0.923. The quantitative estimate of drug-likeness (QED) is 0.144. The van der Waals surface area contributed by atoms with E-state index in [1.54, 1.807) is 13.1 Å². The van der Waals surface area contributed by atoms with E-state index in [0.717, 1.165) is 10.6 Å². The molecule has 0 aliphatic carbocycles. The van der Waals surface area contributed by atoms with E-state index < -0.39 is 17.3 Å². The van der Waals surface area contributed by atoms with Crippen molar-refractivity contribution in [1.29, 1.82) is 0 Å². The van der Waals surface area contributed by atoms with Gasteiger partial charge >= 0.3 is 6.16 Å².